The SMILES string of the molecule is COc1c(O)cc2c(=O)oc3c(OC)c(OC4OC(CO)C(OC5OC(CO)C(O)C(O)C5O)C(O)C4O)cc4c(=O)oc1c2c34. The molecule has 6 rings (SSSR count). The van der Waals surface area contributed by atoms with Gasteiger partial charge in [-0.3, -0.25) is 0 Å². The van der Waals surface area contributed by atoms with E-state index in [0.29, 0.717) is 0 Å². The fourth-order valence-electron chi connectivity index (χ4n) is 5.81. The molecule has 0 amide bonds. The van der Waals surface area contributed by atoms with E-state index in [-0.39, 0.29) is 50.0 Å². The van der Waals surface area contributed by atoms with Gasteiger partial charge in [0.1, 0.15) is 48.8 Å². The maximum Gasteiger partial charge on any atom is 0.344 e. The van der Waals surface area contributed by atoms with E-state index in [9.17, 15) is 50.4 Å². The van der Waals surface area contributed by atoms with Crippen LogP contribution in [-0.4, -0.2) is 130 Å². The van der Waals surface area contributed by atoms with Crippen LogP contribution in [0.3, 0.4) is 0 Å². The molecular weight excluding hydrogens is 624 g/mol. The Morgan fingerprint density at radius 2 is 1.24 bits per heavy atom. The number of phenols is 1. The van der Waals surface area contributed by atoms with Gasteiger partial charge in [0.2, 0.25) is 17.8 Å². The highest BCUT2D eigenvalue weighted by molar-refractivity contribution is 6.22. The number of ether oxygens (including phenoxy) is 6. The summed E-state index contributed by atoms with van der Waals surface area (Å²) in [4.78, 5) is 26.1. The number of aromatic hydroxyl groups is 1. The first-order valence-electron chi connectivity index (χ1n) is 13.8. The molecular formula is C28H30O18. The van der Waals surface area contributed by atoms with E-state index in [1.165, 1.54) is 14.2 Å². The summed E-state index contributed by atoms with van der Waals surface area (Å²) in [5.41, 5.74) is -2.41. The number of methoxy groups -OCH3 is 2. The van der Waals surface area contributed by atoms with Crippen molar-refractivity contribution in [2.75, 3.05) is 27.4 Å². The smallest absolute Gasteiger partial charge is 0.344 e. The first-order valence-corrected chi connectivity index (χ1v) is 13.8. The number of rotatable bonds is 8. The average Bonchev–Trinajstić information content (AvgIpc) is 3.03. The first kappa shape index (κ1) is 32.1. The largest absolute Gasteiger partial charge is 0.504 e. The van der Waals surface area contributed by atoms with Crippen molar-refractivity contribution in [3.8, 4) is 23.0 Å². The molecule has 0 aliphatic carbocycles. The van der Waals surface area contributed by atoms with Crippen LogP contribution >= 0.6 is 0 Å². The van der Waals surface area contributed by atoms with Gasteiger partial charge in [0, 0.05) is 10.8 Å². The Morgan fingerprint density at radius 1 is 0.696 bits per heavy atom. The number of hydrogen-bond acceptors (Lipinski definition) is 18. The minimum Gasteiger partial charge on any atom is -0.504 e. The van der Waals surface area contributed by atoms with Crippen LogP contribution < -0.4 is 25.5 Å². The molecule has 2 fully saturated rings. The second-order valence-electron chi connectivity index (χ2n) is 10.7. The van der Waals surface area contributed by atoms with Crippen molar-refractivity contribution in [1.29, 1.82) is 0 Å². The molecule has 0 radical (unpaired) electrons. The normalized spacial score (nSPS) is 31.9. The van der Waals surface area contributed by atoms with Gasteiger partial charge in [0.25, 0.3) is 0 Å². The van der Waals surface area contributed by atoms with Gasteiger partial charge in [0.15, 0.2) is 29.0 Å². The minimum atomic E-state index is -1.94. The third-order valence-corrected chi connectivity index (χ3v) is 8.11. The molecule has 4 aromatic rings. The number of aliphatic hydroxyl groups excluding tert-OH is 7. The van der Waals surface area contributed by atoms with Gasteiger partial charge in [-0.15, -0.1) is 0 Å². The van der Waals surface area contributed by atoms with Gasteiger partial charge >= 0.3 is 11.3 Å². The summed E-state index contributed by atoms with van der Waals surface area (Å²) >= 11 is 0. The van der Waals surface area contributed by atoms with Gasteiger partial charge in [0.05, 0.1) is 38.2 Å². The molecule has 2 aromatic carbocycles. The molecule has 0 saturated carbocycles. The van der Waals surface area contributed by atoms with Crippen LogP contribution in [0, 0.1) is 0 Å². The molecule has 10 unspecified atom stereocenters. The molecule has 4 heterocycles. The average molecular weight is 655 g/mol. The molecule has 0 bridgehead atoms. The minimum absolute atomic E-state index is 0.0646. The molecule has 18 nitrogen and oxygen atoms in total. The summed E-state index contributed by atoms with van der Waals surface area (Å²) in [7, 11) is 2.42. The van der Waals surface area contributed by atoms with Gasteiger partial charge < -0.3 is 78.1 Å². The van der Waals surface area contributed by atoms with Crippen molar-refractivity contribution in [3.63, 3.8) is 0 Å². The summed E-state index contributed by atoms with van der Waals surface area (Å²) in [5, 5.41) is 82.0. The second-order valence-corrected chi connectivity index (χ2v) is 10.7. The topological polar surface area (TPSA) is 278 Å². The zero-order valence-corrected chi connectivity index (χ0v) is 24.0. The lowest BCUT2D eigenvalue weighted by Crippen LogP contribution is -2.65. The van der Waals surface area contributed by atoms with E-state index in [1.54, 1.807) is 0 Å². The molecule has 2 aliphatic heterocycles. The van der Waals surface area contributed by atoms with Crippen molar-refractivity contribution >= 4 is 32.7 Å². The molecule has 46 heavy (non-hydrogen) atoms. The highest BCUT2D eigenvalue weighted by atomic mass is 16.7. The summed E-state index contributed by atoms with van der Waals surface area (Å²) in [6, 6.07) is 2.24. The lowest BCUT2D eigenvalue weighted by atomic mass is 9.97. The summed E-state index contributed by atoms with van der Waals surface area (Å²) < 4.78 is 43.8. The van der Waals surface area contributed by atoms with Crippen molar-refractivity contribution in [2.24, 2.45) is 0 Å². The Balaban J connectivity index is 1.36. The van der Waals surface area contributed by atoms with E-state index in [2.05, 4.69) is 0 Å². The number of benzene rings is 2. The maximum absolute atomic E-state index is 13.2. The maximum atomic E-state index is 13.2. The number of phenolic OH excluding ortho intramolecular Hbond substituents is 1. The van der Waals surface area contributed by atoms with Crippen LogP contribution in [0.15, 0.2) is 30.6 Å². The van der Waals surface area contributed by atoms with Crippen molar-refractivity contribution in [3.05, 3.63) is 33.0 Å². The van der Waals surface area contributed by atoms with E-state index < -0.39 is 91.6 Å². The van der Waals surface area contributed by atoms with Crippen LogP contribution in [0.2, 0.25) is 0 Å². The third-order valence-electron chi connectivity index (χ3n) is 8.11. The summed E-state index contributed by atoms with van der Waals surface area (Å²) in [5.74, 6) is -1.24. The number of hydrogen-bond donors (Lipinski definition) is 8. The third kappa shape index (κ3) is 4.90. The fourth-order valence-corrected chi connectivity index (χ4v) is 5.81. The van der Waals surface area contributed by atoms with Crippen molar-refractivity contribution in [1.82, 2.24) is 0 Å². The van der Waals surface area contributed by atoms with Crippen molar-refractivity contribution in [2.45, 2.75) is 61.4 Å². The van der Waals surface area contributed by atoms with Gasteiger partial charge in [-0.25, -0.2) is 9.59 Å². The van der Waals surface area contributed by atoms with E-state index in [1.807, 2.05) is 0 Å². The van der Waals surface area contributed by atoms with E-state index in [4.69, 9.17) is 37.3 Å². The van der Waals surface area contributed by atoms with Gasteiger partial charge in [-0.05, 0) is 12.1 Å². The Hall–Kier alpha value is -3.82. The summed E-state index contributed by atoms with van der Waals surface area (Å²) in [6.07, 6.45) is -17.1. The lowest BCUT2D eigenvalue weighted by Gasteiger charge is -2.45. The van der Waals surface area contributed by atoms with Crippen LogP contribution in [0.4, 0.5) is 0 Å². The van der Waals surface area contributed by atoms with Crippen LogP contribution in [0.5, 0.6) is 23.0 Å². The molecule has 0 spiro atoms. The van der Waals surface area contributed by atoms with Crippen LogP contribution in [0.1, 0.15) is 0 Å². The second kappa shape index (κ2) is 12.1. The fraction of sp³-hybridized carbons (Fsp3) is 0.500. The molecule has 8 N–H and O–H groups in total. The monoisotopic (exact) mass is 654 g/mol. The van der Waals surface area contributed by atoms with Gasteiger partial charge in [-0.1, -0.05) is 0 Å². The highest BCUT2D eigenvalue weighted by Crippen LogP contribution is 2.46. The van der Waals surface area contributed by atoms with Crippen LogP contribution in [-0.2, 0) is 14.2 Å². The van der Waals surface area contributed by atoms with E-state index >= 15 is 0 Å². The number of aliphatic hydroxyl groups is 7. The zero-order chi connectivity index (χ0) is 33.2. The Labute approximate surface area is 256 Å². The van der Waals surface area contributed by atoms with Crippen LogP contribution in [0.25, 0.3) is 32.7 Å². The molecule has 10 atom stereocenters. The zero-order valence-electron chi connectivity index (χ0n) is 24.0. The first-order chi connectivity index (χ1) is 21.9. The molecule has 2 aromatic heterocycles. The Kier molecular flexibility index (Phi) is 8.44. The molecule has 2 aliphatic rings. The predicted octanol–water partition coefficient (Wildman–Crippen LogP) is -2.78. The lowest BCUT2D eigenvalue weighted by molar-refractivity contribution is -0.352. The Morgan fingerprint density at radius 3 is 1.83 bits per heavy atom. The van der Waals surface area contributed by atoms with Crippen molar-refractivity contribution < 1.29 is 78.1 Å². The molecule has 2 saturated heterocycles. The molecule has 18 heteroatoms. The quantitative estimate of drug-likeness (QED) is 0.0704. The Bertz CT molecular complexity index is 1850. The molecule has 250 valence electrons. The van der Waals surface area contributed by atoms with E-state index in [0.717, 1.165) is 12.1 Å². The van der Waals surface area contributed by atoms with Gasteiger partial charge in [-0.2, -0.15) is 0 Å². The summed E-state index contributed by atoms with van der Waals surface area (Å²) in [6.45, 7) is -1.59. The highest BCUT2D eigenvalue weighted by Gasteiger charge is 2.51. The standard InChI is InChI=1S/C28H30O18/c1-39-20-9(31)3-7-13-14-8(26(38)44-23(13)20)4-10(22(40-2)24(14)45-25(7)37)41-27-19(36)17(34)21(12(6-30)43-27)46-28-18(35)16(33)15(32)11(5-29)42-28/h3-4,11-12,15-19,21,27-36H,5-6H2,1-2H3. The predicted molar refractivity (Wildman–Crippen MR) is 149 cm³/mol.